The number of non-ortho nitro benzene ring substituents is 1. The zero-order chi connectivity index (χ0) is 25.1. The van der Waals surface area contributed by atoms with Crippen LogP contribution in [0.25, 0.3) is 6.08 Å². The van der Waals surface area contributed by atoms with Crippen LogP contribution >= 0.6 is 11.6 Å². The molecule has 9 nitrogen and oxygen atoms in total. The van der Waals surface area contributed by atoms with E-state index in [0.29, 0.717) is 4.90 Å². The van der Waals surface area contributed by atoms with Gasteiger partial charge in [-0.2, -0.15) is 0 Å². The molecule has 1 heterocycles. The molecule has 1 fully saturated rings. The second kappa shape index (κ2) is 9.74. The summed E-state index contributed by atoms with van der Waals surface area (Å²) >= 11 is 6.09. The molecule has 0 radical (unpaired) electrons. The number of nitro groups is 1. The molecule has 0 unspecified atom stereocenters. The summed E-state index contributed by atoms with van der Waals surface area (Å²) in [5.74, 6) is -2.24. The smallest absolute Gasteiger partial charge is 0.335 e. The van der Waals surface area contributed by atoms with Gasteiger partial charge < -0.3 is 4.74 Å². The number of anilines is 1. The van der Waals surface area contributed by atoms with Gasteiger partial charge in [0.05, 0.1) is 10.6 Å². The van der Waals surface area contributed by atoms with E-state index in [1.807, 2.05) is 5.32 Å². The summed E-state index contributed by atoms with van der Waals surface area (Å²) in [5, 5.41) is 13.4. The number of ether oxygens (including phenoxy) is 1. The van der Waals surface area contributed by atoms with E-state index in [1.54, 1.807) is 18.2 Å². The van der Waals surface area contributed by atoms with Crippen LogP contribution in [0.5, 0.6) is 5.75 Å². The van der Waals surface area contributed by atoms with Gasteiger partial charge >= 0.3 is 6.03 Å². The van der Waals surface area contributed by atoms with E-state index < -0.39 is 34.2 Å². The molecular weight excluding hydrogens is 481 g/mol. The van der Waals surface area contributed by atoms with Crippen molar-refractivity contribution >= 4 is 46.9 Å². The lowest BCUT2D eigenvalue weighted by atomic mass is 10.1. The average Bonchev–Trinajstić information content (AvgIpc) is 2.82. The maximum absolute atomic E-state index is 14.0. The Bertz CT molecular complexity index is 1410. The Morgan fingerprint density at radius 3 is 2.57 bits per heavy atom. The van der Waals surface area contributed by atoms with Crippen LogP contribution in [0.4, 0.5) is 20.6 Å². The van der Waals surface area contributed by atoms with Crippen molar-refractivity contribution in [1.82, 2.24) is 5.32 Å². The third-order valence-electron chi connectivity index (χ3n) is 5.01. The van der Waals surface area contributed by atoms with Gasteiger partial charge in [0.25, 0.3) is 17.5 Å². The van der Waals surface area contributed by atoms with Crippen LogP contribution in [0.1, 0.15) is 11.1 Å². The molecule has 0 spiro atoms. The Kier molecular flexibility index (Phi) is 6.56. The van der Waals surface area contributed by atoms with Gasteiger partial charge in [-0.15, -0.1) is 0 Å². The summed E-state index contributed by atoms with van der Waals surface area (Å²) in [5.41, 5.74) is -0.365. The summed E-state index contributed by atoms with van der Waals surface area (Å²) in [6.45, 7) is -0.136. The fraction of sp³-hybridized carbons (Fsp3) is 0.0417. The molecule has 11 heteroatoms. The number of hydrogen-bond donors (Lipinski definition) is 1. The number of urea groups is 1. The van der Waals surface area contributed by atoms with E-state index in [-0.39, 0.29) is 39.9 Å². The lowest BCUT2D eigenvalue weighted by molar-refractivity contribution is -0.384. The van der Waals surface area contributed by atoms with Gasteiger partial charge in [-0.25, -0.2) is 14.1 Å². The first-order chi connectivity index (χ1) is 16.7. The molecule has 1 aliphatic rings. The number of nitrogens with zero attached hydrogens (tertiary/aromatic N) is 2. The molecule has 1 N–H and O–H groups in total. The first-order valence-electron chi connectivity index (χ1n) is 10.1. The quantitative estimate of drug-likeness (QED) is 0.230. The number of imide groups is 2. The van der Waals surface area contributed by atoms with Crippen molar-refractivity contribution in [3.05, 3.63) is 104 Å². The van der Waals surface area contributed by atoms with Gasteiger partial charge in [0.1, 0.15) is 23.7 Å². The number of benzene rings is 3. The fourth-order valence-corrected chi connectivity index (χ4v) is 3.51. The zero-order valence-corrected chi connectivity index (χ0v) is 18.5. The first-order valence-corrected chi connectivity index (χ1v) is 10.4. The van der Waals surface area contributed by atoms with Crippen molar-refractivity contribution < 1.29 is 28.4 Å². The minimum absolute atomic E-state index is 0.0952. The van der Waals surface area contributed by atoms with Crippen molar-refractivity contribution in [2.75, 3.05) is 4.90 Å². The number of barbiturate groups is 1. The molecule has 0 aliphatic carbocycles. The summed E-state index contributed by atoms with van der Waals surface area (Å²) in [6.07, 6.45) is 1.18. The van der Waals surface area contributed by atoms with Gasteiger partial charge in [0.2, 0.25) is 0 Å². The Hall–Kier alpha value is -4.57. The van der Waals surface area contributed by atoms with Crippen molar-refractivity contribution in [2.45, 2.75) is 6.61 Å². The lowest BCUT2D eigenvalue weighted by Gasteiger charge is -2.26. The molecular formula is C24H15ClFN3O6. The molecule has 1 aliphatic heterocycles. The number of carbonyl (C=O) groups excluding carboxylic acids is 3. The Balaban J connectivity index is 1.69. The standard InChI is InChI=1S/C24H15ClFN3O6/c25-16-8-9-21(35-13-14-4-1-2-7-20(14)26)15(10-16)11-19-22(30)27-24(32)28(23(19)31)17-5-3-6-18(12-17)29(33)34/h1-12H,13H2,(H,27,30,32). The third-order valence-corrected chi connectivity index (χ3v) is 5.25. The topological polar surface area (TPSA) is 119 Å². The molecule has 3 aromatic carbocycles. The van der Waals surface area contributed by atoms with Crippen LogP contribution in [0.3, 0.4) is 0 Å². The number of nitrogens with one attached hydrogen (secondary N) is 1. The average molecular weight is 496 g/mol. The van der Waals surface area contributed by atoms with E-state index >= 15 is 0 Å². The van der Waals surface area contributed by atoms with Crippen LogP contribution < -0.4 is 15.0 Å². The van der Waals surface area contributed by atoms with Crippen molar-refractivity contribution in [2.24, 2.45) is 0 Å². The molecule has 4 amide bonds. The maximum Gasteiger partial charge on any atom is 0.335 e. The monoisotopic (exact) mass is 495 g/mol. The number of carbonyl (C=O) groups is 3. The highest BCUT2D eigenvalue weighted by Crippen LogP contribution is 2.29. The molecule has 35 heavy (non-hydrogen) atoms. The predicted molar refractivity (Wildman–Crippen MR) is 124 cm³/mol. The Morgan fingerprint density at radius 2 is 1.83 bits per heavy atom. The lowest BCUT2D eigenvalue weighted by Crippen LogP contribution is -2.54. The van der Waals surface area contributed by atoms with Crippen molar-refractivity contribution in [3.8, 4) is 5.75 Å². The highest BCUT2D eigenvalue weighted by Gasteiger charge is 2.37. The van der Waals surface area contributed by atoms with Crippen molar-refractivity contribution in [1.29, 1.82) is 0 Å². The van der Waals surface area contributed by atoms with Gasteiger partial charge in [-0.3, -0.25) is 25.0 Å². The first kappa shape index (κ1) is 23.6. The molecule has 0 bridgehead atoms. The predicted octanol–water partition coefficient (Wildman–Crippen LogP) is 4.63. The number of halogens is 2. The normalized spacial score (nSPS) is 14.7. The largest absolute Gasteiger partial charge is 0.488 e. The number of rotatable bonds is 6. The van der Waals surface area contributed by atoms with Gasteiger partial charge in [-0.05, 0) is 36.4 Å². The summed E-state index contributed by atoms with van der Waals surface area (Å²) < 4.78 is 19.7. The highest BCUT2D eigenvalue weighted by atomic mass is 35.5. The molecule has 0 saturated carbocycles. The molecule has 0 aromatic heterocycles. The number of hydrogen-bond acceptors (Lipinski definition) is 6. The number of nitro benzene ring substituents is 1. The highest BCUT2D eigenvalue weighted by molar-refractivity contribution is 6.39. The van der Waals surface area contributed by atoms with E-state index in [1.165, 1.54) is 48.5 Å². The van der Waals surface area contributed by atoms with Crippen LogP contribution in [0.15, 0.2) is 72.3 Å². The van der Waals surface area contributed by atoms with E-state index in [0.717, 1.165) is 6.07 Å². The minimum atomic E-state index is -1.06. The van der Waals surface area contributed by atoms with E-state index in [2.05, 4.69) is 0 Å². The van der Waals surface area contributed by atoms with E-state index in [9.17, 15) is 28.9 Å². The van der Waals surface area contributed by atoms with Gasteiger partial charge in [0, 0.05) is 28.3 Å². The van der Waals surface area contributed by atoms with Crippen molar-refractivity contribution in [3.63, 3.8) is 0 Å². The van der Waals surface area contributed by atoms with Crippen LogP contribution in [-0.2, 0) is 16.2 Å². The Morgan fingerprint density at radius 1 is 1.06 bits per heavy atom. The minimum Gasteiger partial charge on any atom is -0.488 e. The second-order valence-corrected chi connectivity index (χ2v) is 7.73. The summed E-state index contributed by atoms with van der Waals surface area (Å²) in [4.78, 5) is 49.1. The summed E-state index contributed by atoms with van der Waals surface area (Å²) in [6, 6.07) is 14.3. The molecule has 4 rings (SSSR count). The molecule has 3 aromatic rings. The zero-order valence-electron chi connectivity index (χ0n) is 17.7. The fourth-order valence-electron chi connectivity index (χ4n) is 3.33. The van der Waals surface area contributed by atoms with E-state index in [4.69, 9.17) is 16.3 Å². The van der Waals surface area contributed by atoms with Gasteiger partial charge in [-0.1, -0.05) is 35.9 Å². The van der Waals surface area contributed by atoms with Crippen LogP contribution in [-0.4, -0.2) is 22.8 Å². The summed E-state index contributed by atoms with van der Waals surface area (Å²) in [7, 11) is 0. The molecule has 176 valence electrons. The molecule has 1 saturated heterocycles. The van der Waals surface area contributed by atoms with Crippen LogP contribution in [0.2, 0.25) is 5.02 Å². The molecule has 0 atom stereocenters. The Labute approximate surface area is 202 Å². The SMILES string of the molecule is O=C1NC(=O)N(c2cccc([N+](=O)[O-])c2)C(=O)C1=Cc1cc(Cl)ccc1OCc1ccccc1F. The van der Waals surface area contributed by atoms with Crippen LogP contribution in [0, 0.1) is 15.9 Å². The second-order valence-electron chi connectivity index (χ2n) is 7.30. The third kappa shape index (κ3) is 5.02. The van der Waals surface area contributed by atoms with Gasteiger partial charge in [0.15, 0.2) is 0 Å². The number of amides is 4. The maximum atomic E-state index is 14.0.